The Balaban J connectivity index is 2.14. The van der Waals surface area contributed by atoms with Crippen molar-refractivity contribution in [3.8, 4) is 5.75 Å². The summed E-state index contributed by atoms with van der Waals surface area (Å²) in [7, 11) is 0. The van der Waals surface area contributed by atoms with Gasteiger partial charge in [-0.1, -0.05) is 23.7 Å². The summed E-state index contributed by atoms with van der Waals surface area (Å²) in [5.74, 6) is 1.26. The molecule has 1 heterocycles. The van der Waals surface area contributed by atoms with Crippen molar-refractivity contribution in [2.24, 2.45) is 0 Å². The number of rotatable bonds is 5. The van der Waals surface area contributed by atoms with E-state index in [0.717, 1.165) is 29.2 Å². The van der Waals surface area contributed by atoms with Crippen LogP contribution in [0.5, 0.6) is 5.75 Å². The molecule has 0 atom stereocenters. The van der Waals surface area contributed by atoms with Gasteiger partial charge < -0.3 is 4.74 Å². The second-order valence-electron chi connectivity index (χ2n) is 4.23. The molecule has 0 unspecified atom stereocenters. The van der Waals surface area contributed by atoms with Crippen molar-refractivity contribution < 1.29 is 4.74 Å². The molecule has 5 heteroatoms. The van der Waals surface area contributed by atoms with Crippen molar-refractivity contribution in [1.82, 2.24) is 9.78 Å². The van der Waals surface area contributed by atoms with Crippen molar-refractivity contribution in [3.05, 3.63) is 46.2 Å². The molecule has 3 nitrogen and oxygen atoms in total. The van der Waals surface area contributed by atoms with Crippen LogP contribution < -0.4 is 4.74 Å². The number of halogens is 2. The van der Waals surface area contributed by atoms with Gasteiger partial charge >= 0.3 is 0 Å². The predicted molar refractivity (Wildman–Crippen MR) is 78.0 cm³/mol. The Bertz CT molecular complexity index is 567. The van der Waals surface area contributed by atoms with Gasteiger partial charge in [0.1, 0.15) is 12.4 Å². The van der Waals surface area contributed by atoms with Crippen molar-refractivity contribution in [3.63, 3.8) is 0 Å². The molecule has 2 aromatic rings. The number of nitrogens with zero attached hydrogens (tertiary/aromatic N) is 2. The van der Waals surface area contributed by atoms with Crippen molar-refractivity contribution in [2.45, 2.75) is 32.9 Å². The fourth-order valence-corrected chi connectivity index (χ4v) is 2.23. The molecule has 2 rings (SSSR count). The minimum absolute atomic E-state index is 0.402. The van der Waals surface area contributed by atoms with E-state index in [1.165, 1.54) is 0 Å². The summed E-state index contributed by atoms with van der Waals surface area (Å²) in [4.78, 5) is 0. The third-order valence-corrected chi connectivity index (χ3v) is 3.68. The predicted octanol–water partition coefficient (Wildman–Crippen LogP) is 4.18. The number of aryl methyl sites for hydroxylation is 2. The first-order valence-electron chi connectivity index (χ1n) is 6.15. The van der Waals surface area contributed by atoms with E-state index in [1.807, 2.05) is 42.8 Å². The lowest BCUT2D eigenvalue weighted by Crippen LogP contribution is -2.06. The lowest BCUT2D eigenvalue weighted by Gasteiger charge is -2.09. The molecule has 0 saturated carbocycles. The van der Waals surface area contributed by atoms with Gasteiger partial charge in [0.15, 0.2) is 0 Å². The molecular formula is C14H16Cl2N2O. The van der Waals surface area contributed by atoms with Crippen LogP contribution in [0.15, 0.2) is 24.3 Å². The molecule has 102 valence electrons. The summed E-state index contributed by atoms with van der Waals surface area (Å²) in [6.45, 7) is 5.10. The third kappa shape index (κ3) is 3.23. The number of benzene rings is 1. The van der Waals surface area contributed by atoms with Gasteiger partial charge in [-0.05, 0) is 31.5 Å². The van der Waals surface area contributed by atoms with Gasteiger partial charge in [0.2, 0.25) is 0 Å². The monoisotopic (exact) mass is 298 g/mol. The Labute approximate surface area is 123 Å². The number of ether oxygens (including phenoxy) is 1. The summed E-state index contributed by atoms with van der Waals surface area (Å²) in [5, 5.41) is 5.03. The Morgan fingerprint density at radius 3 is 2.84 bits per heavy atom. The van der Waals surface area contributed by atoms with Gasteiger partial charge in [0, 0.05) is 12.4 Å². The Morgan fingerprint density at radius 1 is 1.37 bits per heavy atom. The van der Waals surface area contributed by atoms with E-state index in [4.69, 9.17) is 27.9 Å². The van der Waals surface area contributed by atoms with E-state index in [-0.39, 0.29) is 0 Å². The number of hydrogen-bond donors (Lipinski definition) is 0. The molecule has 0 radical (unpaired) electrons. The van der Waals surface area contributed by atoms with Gasteiger partial charge in [-0.15, -0.1) is 11.6 Å². The molecule has 1 aromatic carbocycles. The molecule has 1 aromatic heterocycles. The van der Waals surface area contributed by atoms with Gasteiger partial charge in [-0.2, -0.15) is 5.10 Å². The summed E-state index contributed by atoms with van der Waals surface area (Å²) in [5.41, 5.74) is 2.76. The first kappa shape index (κ1) is 14.2. The van der Waals surface area contributed by atoms with E-state index in [2.05, 4.69) is 5.10 Å². The van der Waals surface area contributed by atoms with Gasteiger partial charge in [0.25, 0.3) is 0 Å². The minimum Gasteiger partial charge on any atom is -0.487 e. The summed E-state index contributed by atoms with van der Waals surface area (Å²) in [6.07, 6.45) is 0. The van der Waals surface area contributed by atoms with Crippen LogP contribution in [0.2, 0.25) is 5.02 Å². The van der Waals surface area contributed by atoms with Crippen molar-refractivity contribution >= 4 is 23.2 Å². The molecule has 0 bridgehead atoms. The average molecular weight is 299 g/mol. The summed E-state index contributed by atoms with van der Waals surface area (Å²) < 4.78 is 7.63. The highest BCUT2D eigenvalue weighted by molar-refractivity contribution is 6.31. The van der Waals surface area contributed by atoms with E-state index >= 15 is 0 Å². The van der Waals surface area contributed by atoms with E-state index in [1.54, 1.807) is 0 Å². The third-order valence-electron chi connectivity index (χ3n) is 2.88. The molecule has 0 spiro atoms. The first-order chi connectivity index (χ1) is 9.15. The summed E-state index contributed by atoms with van der Waals surface area (Å²) >= 11 is 12.0. The minimum atomic E-state index is 0.402. The quantitative estimate of drug-likeness (QED) is 0.774. The SMILES string of the molecule is CCn1nc(C)c(Cl)c1COc1cccc(CCl)c1. The molecular weight excluding hydrogens is 283 g/mol. The molecule has 0 aliphatic rings. The van der Waals surface area contributed by atoms with Gasteiger partial charge in [-0.25, -0.2) is 0 Å². The highest BCUT2D eigenvalue weighted by Crippen LogP contribution is 2.23. The van der Waals surface area contributed by atoms with Crippen LogP contribution in [0.25, 0.3) is 0 Å². The molecule has 0 aliphatic carbocycles. The van der Waals surface area contributed by atoms with Crippen molar-refractivity contribution in [1.29, 1.82) is 0 Å². The highest BCUT2D eigenvalue weighted by atomic mass is 35.5. The largest absolute Gasteiger partial charge is 0.487 e. The molecule has 19 heavy (non-hydrogen) atoms. The number of alkyl halides is 1. The molecule has 0 amide bonds. The van der Waals surface area contributed by atoms with Crippen LogP contribution >= 0.6 is 23.2 Å². The van der Waals surface area contributed by atoms with Gasteiger partial charge in [0.05, 0.1) is 16.4 Å². The molecule has 0 saturated heterocycles. The van der Waals surface area contributed by atoms with Crippen LogP contribution in [0, 0.1) is 6.92 Å². The lowest BCUT2D eigenvalue weighted by molar-refractivity contribution is 0.292. The van der Waals surface area contributed by atoms with Crippen LogP contribution in [0.4, 0.5) is 0 Å². The molecule has 0 N–H and O–H groups in total. The Kier molecular flexibility index (Phi) is 4.72. The summed E-state index contributed by atoms with van der Waals surface area (Å²) in [6, 6.07) is 7.73. The van der Waals surface area contributed by atoms with Crippen LogP contribution in [0.3, 0.4) is 0 Å². The Hall–Kier alpha value is -1.19. The maximum atomic E-state index is 6.23. The molecule has 0 fully saturated rings. The van der Waals surface area contributed by atoms with E-state index < -0.39 is 0 Å². The molecule has 0 aliphatic heterocycles. The van der Waals surface area contributed by atoms with Crippen LogP contribution in [0.1, 0.15) is 23.9 Å². The second kappa shape index (κ2) is 6.31. The standard InChI is InChI=1S/C14H16Cl2N2O/c1-3-18-13(14(16)10(2)17-18)9-19-12-6-4-5-11(7-12)8-15/h4-7H,3,8-9H2,1-2H3. The normalized spacial score (nSPS) is 10.7. The zero-order valence-corrected chi connectivity index (χ0v) is 12.5. The maximum Gasteiger partial charge on any atom is 0.131 e. The van der Waals surface area contributed by atoms with Crippen molar-refractivity contribution in [2.75, 3.05) is 0 Å². The zero-order chi connectivity index (χ0) is 13.8. The van der Waals surface area contributed by atoms with E-state index in [9.17, 15) is 0 Å². The van der Waals surface area contributed by atoms with Crippen LogP contribution in [-0.4, -0.2) is 9.78 Å². The topological polar surface area (TPSA) is 27.1 Å². The first-order valence-corrected chi connectivity index (χ1v) is 7.06. The van der Waals surface area contributed by atoms with Gasteiger partial charge in [-0.3, -0.25) is 4.68 Å². The lowest BCUT2D eigenvalue weighted by atomic mass is 10.2. The number of aromatic nitrogens is 2. The Morgan fingerprint density at radius 2 is 2.16 bits per heavy atom. The zero-order valence-electron chi connectivity index (χ0n) is 11.0. The smallest absolute Gasteiger partial charge is 0.131 e. The maximum absolute atomic E-state index is 6.23. The average Bonchev–Trinajstić information content (AvgIpc) is 2.72. The fourth-order valence-electron chi connectivity index (χ4n) is 1.88. The van der Waals surface area contributed by atoms with Crippen LogP contribution in [-0.2, 0) is 19.0 Å². The highest BCUT2D eigenvalue weighted by Gasteiger charge is 2.12. The fraction of sp³-hybridized carbons (Fsp3) is 0.357. The number of hydrogen-bond acceptors (Lipinski definition) is 2. The van der Waals surface area contributed by atoms with E-state index in [0.29, 0.717) is 17.5 Å². The second-order valence-corrected chi connectivity index (χ2v) is 4.88.